The van der Waals surface area contributed by atoms with Crippen LogP contribution in [-0.2, 0) is 13.0 Å². The van der Waals surface area contributed by atoms with Gasteiger partial charge in [-0.2, -0.15) is 11.3 Å². The molecule has 0 saturated carbocycles. The molecule has 1 aromatic carbocycles. The molecule has 0 saturated heterocycles. The normalized spacial score (nSPS) is 12.4. The molecule has 0 radical (unpaired) electrons. The highest BCUT2D eigenvalue weighted by Crippen LogP contribution is 2.21. The van der Waals surface area contributed by atoms with Gasteiger partial charge < -0.3 is 5.32 Å². The Morgan fingerprint density at radius 3 is 2.76 bits per heavy atom. The molecule has 3 aromatic rings. The van der Waals surface area contributed by atoms with Crippen LogP contribution in [0.4, 0.5) is 0 Å². The average Bonchev–Trinajstić information content (AvgIpc) is 3.17. The summed E-state index contributed by atoms with van der Waals surface area (Å²) in [5.74, 6) is 0. The van der Waals surface area contributed by atoms with Crippen molar-refractivity contribution in [1.82, 2.24) is 10.3 Å². The van der Waals surface area contributed by atoms with Crippen LogP contribution in [0.5, 0.6) is 0 Å². The van der Waals surface area contributed by atoms with E-state index in [2.05, 4.69) is 58.7 Å². The van der Waals surface area contributed by atoms with E-state index in [0.717, 1.165) is 23.7 Å². The standard InChI is InChI=1S/C17H18N2S2/c1-13(9-14-7-8-20-11-14)18-10-17-19-16(12-21-17)15-5-3-2-4-6-15/h2-8,11-13,18H,9-10H2,1H3. The van der Waals surface area contributed by atoms with Crippen LogP contribution in [0.3, 0.4) is 0 Å². The van der Waals surface area contributed by atoms with Crippen molar-refractivity contribution in [2.45, 2.75) is 25.9 Å². The van der Waals surface area contributed by atoms with Gasteiger partial charge in [0, 0.05) is 23.5 Å². The molecule has 21 heavy (non-hydrogen) atoms. The lowest BCUT2D eigenvalue weighted by Crippen LogP contribution is -2.27. The highest BCUT2D eigenvalue weighted by Gasteiger charge is 2.07. The van der Waals surface area contributed by atoms with Crippen molar-refractivity contribution < 1.29 is 0 Å². The maximum atomic E-state index is 4.71. The van der Waals surface area contributed by atoms with Crippen molar-refractivity contribution in [1.29, 1.82) is 0 Å². The predicted octanol–water partition coefficient (Wildman–Crippen LogP) is 4.59. The Hall–Kier alpha value is -1.49. The van der Waals surface area contributed by atoms with Crippen LogP contribution in [-0.4, -0.2) is 11.0 Å². The summed E-state index contributed by atoms with van der Waals surface area (Å²) in [6.07, 6.45) is 1.07. The highest BCUT2D eigenvalue weighted by molar-refractivity contribution is 7.10. The van der Waals surface area contributed by atoms with Gasteiger partial charge in [0.15, 0.2) is 0 Å². The van der Waals surface area contributed by atoms with Crippen molar-refractivity contribution >= 4 is 22.7 Å². The lowest BCUT2D eigenvalue weighted by atomic mass is 10.1. The summed E-state index contributed by atoms with van der Waals surface area (Å²) in [5, 5.41) is 11.2. The van der Waals surface area contributed by atoms with E-state index in [1.54, 1.807) is 22.7 Å². The second-order valence-electron chi connectivity index (χ2n) is 5.11. The van der Waals surface area contributed by atoms with Crippen molar-refractivity contribution in [3.8, 4) is 11.3 Å². The zero-order valence-corrected chi connectivity index (χ0v) is 13.6. The fourth-order valence-electron chi connectivity index (χ4n) is 2.23. The van der Waals surface area contributed by atoms with Gasteiger partial charge >= 0.3 is 0 Å². The number of hydrogen-bond donors (Lipinski definition) is 1. The van der Waals surface area contributed by atoms with Crippen LogP contribution in [0.2, 0.25) is 0 Å². The molecule has 0 spiro atoms. The first-order chi connectivity index (χ1) is 10.3. The second kappa shape index (κ2) is 6.98. The summed E-state index contributed by atoms with van der Waals surface area (Å²) >= 11 is 3.48. The van der Waals surface area contributed by atoms with E-state index in [1.807, 2.05) is 6.07 Å². The molecule has 0 aliphatic carbocycles. The monoisotopic (exact) mass is 314 g/mol. The van der Waals surface area contributed by atoms with E-state index in [1.165, 1.54) is 11.1 Å². The first kappa shape index (κ1) is 14.4. The van der Waals surface area contributed by atoms with Crippen LogP contribution in [0.25, 0.3) is 11.3 Å². The largest absolute Gasteiger partial charge is 0.308 e. The topological polar surface area (TPSA) is 24.9 Å². The van der Waals surface area contributed by atoms with Crippen LogP contribution in [0.1, 0.15) is 17.5 Å². The van der Waals surface area contributed by atoms with Crippen LogP contribution in [0.15, 0.2) is 52.5 Å². The molecule has 1 unspecified atom stereocenters. The molecule has 0 aliphatic rings. The first-order valence-electron chi connectivity index (χ1n) is 7.05. The smallest absolute Gasteiger partial charge is 0.107 e. The van der Waals surface area contributed by atoms with Crippen molar-refractivity contribution in [3.63, 3.8) is 0 Å². The number of thiazole rings is 1. The molecule has 3 rings (SSSR count). The zero-order valence-electron chi connectivity index (χ0n) is 12.0. The Labute approximate surface area is 133 Å². The van der Waals surface area contributed by atoms with E-state index in [9.17, 15) is 0 Å². The third-order valence-corrected chi connectivity index (χ3v) is 4.93. The number of thiophene rings is 1. The highest BCUT2D eigenvalue weighted by atomic mass is 32.1. The van der Waals surface area contributed by atoms with Crippen molar-refractivity contribution in [2.75, 3.05) is 0 Å². The minimum atomic E-state index is 0.462. The number of benzene rings is 1. The van der Waals surface area contributed by atoms with Crippen LogP contribution >= 0.6 is 22.7 Å². The quantitative estimate of drug-likeness (QED) is 0.719. The van der Waals surface area contributed by atoms with E-state index >= 15 is 0 Å². The number of nitrogens with zero attached hydrogens (tertiary/aromatic N) is 1. The lowest BCUT2D eigenvalue weighted by molar-refractivity contribution is 0.545. The van der Waals surface area contributed by atoms with Crippen molar-refractivity contribution in [2.24, 2.45) is 0 Å². The number of aromatic nitrogens is 1. The minimum Gasteiger partial charge on any atom is -0.308 e. The molecule has 1 N–H and O–H groups in total. The third kappa shape index (κ3) is 4.00. The van der Waals surface area contributed by atoms with Gasteiger partial charge in [-0.1, -0.05) is 30.3 Å². The van der Waals surface area contributed by atoms with Gasteiger partial charge in [-0.15, -0.1) is 11.3 Å². The Morgan fingerprint density at radius 1 is 1.14 bits per heavy atom. The molecule has 108 valence electrons. The molecule has 2 heterocycles. The molecule has 0 fully saturated rings. The Bertz CT molecular complexity index is 659. The van der Waals surface area contributed by atoms with E-state index in [4.69, 9.17) is 4.98 Å². The van der Waals surface area contributed by atoms with Gasteiger partial charge in [-0.05, 0) is 35.7 Å². The maximum absolute atomic E-state index is 4.71. The van der Waals surface area contributed by atoms with E-state index in [0.29, 0.717) is 6.04 Å². The molecule has 0 amide bonds. The van der Waals surface area contributed by atoms with Gasteiger partial charge in [0.1, 0.15) is 5.01 Å². The summed E-state index contributed by atoms with van der Waals surface area (Å²) in [5.41, 5.74) is 3.67. The Balaban J connectivity index is 1.55. The predicted molar refractivity (Wildman–Crippen MR) is 91.9 cm³/mol. The zero-order chi connectivity index (χ0) is 14.5. The Morgan fingerprint density at radius 2 is 2.00 bits per heavy atom. The molecule has 2 aromatic heterocycles. The summed E-state index contributed by atoms with van der Waals surface area (Å²) in [6, 6.07) is 13.0. The summed E-state index contributed by atoms with van der Waals surface area (Å²) < 4.78 is 0. The van der Waals surface area contributed by atoms with Gasteiger partial charge in [-0.3, -0.25) is 0 Å². The third-order valence-electron chi connectivity index (χ3n) is 3.35. The molecule has 0 bridgehead atoms. The van der Waals surface area contributed by atoms with E-state index < -0.39 is 0 Å². The molecule has 4 heteroatoms. The fourth-order valence-corrected chi connectivity index (χ4v) is 3.67. The summed E-state index contributed by atoms with van der Waals surface area (Å²) in [7, 11) is 0. The second-order valence-corrected chi connectivity index (χ2v) is 6.83. The Kier molecular flexibility index (Phi) is 4.80. The lowest BCUT2D eigenvalue weighted by Gasteiger charge is -2.11. The van der Waals surface area contributed by atoms with Crippen LogP contribution in [0, 0.1) is 0 Å². The SMILES string of the molecule is CC(Cc1ccsc1)NCc1nc(-c2ccccc2)cs1. The number of hydrogen-bond acceptors (Lipinski definition) is 4. The molecule has 0 aliphatic heterocycles. The number of nitrogens with one attached hydrogen (secondary N) is 1. The molecule has 1 atom stereocenters. The summed E-state index contributed by atoms with van der Waals surface area (Å²) in [4.78, 5) is 4.71. The number of rotatable bonds is 6. The summed E-state index contributed by atoms with van der Waals surface area (Å²) in [6.45, 7) is 3.06. The van der Waals surface area contributed by atoms with E-state index in [-0.39, 0.29) is 0 Å². The maximum Gasteiger partial charge on any atom is 0.107 e. The fraction of sp³-hybridized carbons (Fsp3) is 0.235. The van der Waals surface area contributed by atoms with Crippen LogP contribution < -0.4 is 5.32 Å². The van der Waals surface area contributed by atoms with Gasteiger partial charge in [-0.25, -0.2) is 4.98 Å². The minimum absolute atomic E-state index is 0.462. The van der Waals surface area contributed by atoms with Gasteiger partial charge in [0.25, 0.3) is 0 Å². The van der Waals surface area contributed by atoms with Gasteiger partial charge in [0.05, 0.1) is 5.69 Å². The average molecular weight is 314 g/mol. The van der Waals surface area contributed by atoms with Gasteiger partial charge in [0.2, 0.25) is 0 Å². The molecular weight excluding hydrogens is 296 g/mol. The van der Waals surface area contributed by atoms with Crippen molar-refractivity contribution in [3.05, 3.63) is 63.1 Å². The molecule has 2 nitrogen and oxygen atoms in total. The molecular formula is C17H18N2S2. The first-order valence-corrected chi connectivity index (χ1v) is 8.88.